The van der Waals surface area contributed by atoms with Gasteiger partial charge in [-0.3, -0.25) is 13.1 Å². The van der Waals surface area contributed by atoms with Crippen LogP contribution in [-0.4, -0.2) is 11.7 Å². The van der Waals surface area contributed by atoms with Crippen LogP contribution >= 0.6 is 22.9 Å². The molecule has 0 spiro atoms. The highest BCUT2D eigenvalue weighted by Gasteiger charge is 2.16. The lowest BCUT2D eigenvalue weighted by atomic mass is 10.0. The molecule has 0 atom stereocenters. The third-order valence-corrected chi connectivity index (χ3v) is 2.40. The highest BCUT2D eigenvalue weighted by molar-refractivity contribution is 14.1. The number of hydrogen-bond acceptors (Lipinski definition) is 2. The van der Waals surface area contributed by atoms with Gasteiger partial charge in [-0.2, -0.15) is 0 Å². The fourth-order valence-electron chi connectivity index (χ4n) is 1.12. The molecule has 1 amide bonds. The van der Waals surface area contributed by atoms with Gasteiger partial charge in [0.25, 0.3) is 5.91 Å². The number of Topliss-reactive ketones (excluding diaryl/α,β-unsaturated/α-hetero) is 1. The highest BCUT2D eigenvalue weighted by atomic mass is 127. The number of halogens is 1. The molecule has 0 saturated carbocycles. The predicted molar refractivity (Wildman–Crippen MR) is 66.8 cm³/mol. The van der Waals surface area contributed by atoms with Crippen LogP contribution in [0, 0.1) is 6.92 Å². The van der Waals surface area contributed by atoms with Crippen molar-refractivity contribution in [1.82, 2.24) is 3.53 Å². The van der Waals surface area contributed by atoms with Gasteiger partial charge in [0.1, 0.15) is 0 Å². The number of amides is 1. The van der Waals surface area contributed by atoms with E-state index in [2.05, 4.69) is 10.1 Å². The summed E-state index contributed by atoms with van der Waals surface area (Å²) in [5, 5.41) is 0. The summed E-state index contributed by atoms with van der Waals surface area (Å²) in [5.74, 6) is -0.796. The first kappa shape index (κ1) is 11.9. The lowest BCUT2D eigenvalue weighted by molar-refractivity contribution is -0.115. The number of benzene rings is 1. The van der Waals surface area contributed by atoms with Crippen molar-refractivity contribution < 1.29 is 9.59 Å². The molecule has 0 saturated heterocycles. The van der Waals surface area contributed by atoms with E-state index in [-0.39, 0.29) is 11.4 Å². The van der Waals surface area contributed by atoms with Crippen LogP contribution in [0.3, 0.4) is 0 Å². The molecular weight excluding hydrogens is 305 g/mol. The molecule has 1 aromatic rings. The molecule has 0 bridgehead atoms. The molecule has 1 aromatic carbocycles. The van der Waals surface area contributed by atoms with Gasteiger partial charge in [0, 0.05) is 5.56 Å². The van der Waals surface area contributed by atoms with Gasteiger partial charge < -0.3 is 0 Å². The second-order valence-electron chi connectivity index (χ2n) is 3.10. The first-order valence-corrected chi connectivity index (χ1v) is 5.35. The van der Waals surface area contributed by atoms with Gasteiger partial charge in [-0.25, -0.2) is 0 Å². The summed E-state index contributed by atoms with van der Waals surface area (Å²) in [7, 11) is 0. The van der Waals surface area contributed by atoms with Crippen molar-refractivity contribution >= 4 is 34.6 Å². The Morgan fingerprint density at radius 3 is 2.60 bits per heavy atom. The van der Waals surface area contributed by atoms with E-state index < -0.39 is 5.91 Å². The smallest absolute Gasteiger partial charge is 0.263 e. The molecule has 1 N–H and O–H groups in total. The van der Waals surface area contributed by atoms with Crippen LogP contribution in [0.5, 0.6) is 0 Å². The van der Waals surface area contributed by atoms with Crippen molar-refractivity contribution in [3.63, 3.8) is 0 Å². The number of nitrogens with one attached hydrogen (secondary N) is 1. The van der Waals surface area contributed by atoms with Crippen molar-refractivity contribution in [2.24, 2.45) is 0 Å². The van der Waals surface area contributed by atoms with Crippen LogP contribution in [0.1, 0.15) is 15.9 Å². The summed E-state index contributed by atoms with van der Waals surface area (Å²) >= 11 is 1.68. The topological polar surface area (TPSA) is 46.2 Å². The zero-order chi connectivity index (χ0) is 11.4. The number of carbonyl (C=O) groups is 2. The Balaban J connectivity index is 2.95. The lowest BCUT2D eigenvalue weighted by Gasteiger charge is -2.03. The Bertz CT molecular complexity index is 426. The molecule has 0 unspecified atom stereocenters. The predicted octanol–water partition coefficient (Wildman–Crippen LogP) is 2.20. The summed E-state index contributed by atoms with van der Waals surface area (Å²) < 4.78 is 2.34. The van der Waals surface area contributed by atoms with E-state index in [0.29, 0.717) is 5.56 Å². The molecule has 0 radical (unpaired) electrons. The first-order chi connectivity index (χ1) is 7.06. The molecule has 78 valence electrons. The standard InChI is InChI=1S/C11H10INO2/c1-7-4-3-5-9(6-7)10(14)8(2)11(15)13-12/h3-6H,2H2,1H3,(H,13,15). The van der Waals surface area contributed by atoms with Gasteiger partial charge in [0.05, 0.1) is 28.4 Å². The van der Waals surface area contributed by atoms with Gasteiger partial charge >= 0.3 is 0 Å². The average Bonchev–Trinajstić information content (AvgIpc) is 2.26. The molecule has 1 rings (SSSR count). The third-order valence-electron chi connectivity index (χ3n) is 1.91. The van der Waals surface area contributed by atoms with Crippen molar-refractivity contribution in [3.05, 3.63) is 47.5 Å². The first-order valence-electron chi connectivity index (χ1n) is 4.27. The minimum Gasteiger partial charge on any atom is -0.295 e. The van der Waals surface area contributed by atoms with Crippen molar-refractivity contribution in [2.45, 2.75) is 6.92 Å². The summed E-state index contributed by atoms with van der Waals surface area (Å²) in [6.07, 6.45) is 0. The molecule has 0 aromatic heterocycles. The van der Waals surface area contributed by atoms with Crippen molar-refractivity contribution in [1.29, 1.82) is 0 Å². The minimum absolute atomic E-state index is 0.0463. The fraction of sp³-hybridized carbons (Fsp3) is 0.0909. The maximum absolute atomic E-state index is 11.7. The molecule has 0 aliphatic carbocycles. The summed E-state index contributed by atoms with van der Waals surface area (Å²) in [6.45, 7) is 5.35. The Hall–Kier alpha value is -1.17. The maximum Gasteiger partial charge on any atom is 0.263 e. The highest BCUT2D eigenvalue weighted by Crippen LogP contribution is 2.09. The van der Waals surface area contributed by atoms with Crippen molar-refractivity contribution in [2.75, 3.05) is 0 Å². The zero-order valence-corrected chi connectivity index (χ0v) is 10.4. The minimum atomic E-state index is -0.456. The normalized spacial score (nSPS) is 9.47. The van der Waals surface area contributed by atoms with E-state index in [1.807, 2.05) is 13.0 Å². The van der Waals surface area contributed by atoms with Crippen LogP contribution in [0.2, 0.25) is 0 Å². The molecular formula is C11H10INO2. The second kappa shape index (κ2) is 5.06. The van der Waals surface area contributed by atoms with Crippen LogP contribution < -0.4 is 3.53 Å². The summed E-state index contributed by atoms with van der Waals surface area (Å²) in [4.78, 5) is 22.9. The largest absolute Gasteiger partial charge is 0.295 e. The van der Waals surface area contributed by atoms with E-state index in [1.54, 1.807) is 41.1 Å². The Morgan fingerprint density at radius 2 is 2.07 bits per heavy atom. The molecule has 0 aliphatic rings. The van der Waals surface area contributed by atoms with E-state index in [9.17, 15) is 9.59 Å². The second-order valence-corrected chi connectivity index (χ2v) is 3.64. The van der Waals surface area contributed by atoms with Crippen molar-refractivity contribution in [3.8, 4) is 0 Å². The third kappa shape index (κ3) is 2.89. The fourth-order valence-corrected chi connectivity index (χ4v) is 1.45. The summed E-state index contributed by atoms with van der Waals surface area (Å²) in [5.41, 5.74) is 1.42. The molecule has 0 heterocycles. The Labute approximate surface area is 102 Å². The van der Waals surface area contributed by atoms with Gasteiger partial charge in [-0.1, -0.05) is 30.3 Å². The lowest BCUT2D eigenvalue weighted by Crippen LogP contribution is -2.20. The summed E-state index contributed by atoms with van der Waals surface area (Å²) in [6, 6.07) is 7.06. The average molecular weight is 315 g/mol. The monoisotopic (exact) mass is 315 g/mol. The van der Waals surface area contributed by atoms with E-state index in [1.165, 1.54) is 0 Å². The van der Waals surface area contributed by atoms with E-state index in [4.69, 9.17) is 0 Å². The number of hydrogen-bond donors (Lipinski definition) is 1. The number of ketones is 1. The van der Waals surface area contributed by atoms with Crippen LogP contribution in [0.15, 0.2) is 36.4 Å². The molecule has 3 nitrogen and oxygen atoms in total. The van der Waals surface area contributed by atoms with Crippen LogP contribution in [0.4, 0.5) is 0 Å². The molecule has 4 heteroatoms. The van der Waals surface area contributed by atoms with Crippen LogP contribution in [0.25, 0.3) is 0 Å². The Morgan fingerprint density at radius 1 is 1.40 bits per heavy atom. The number of aryl methyl sites for hydroxylation is 1. The molecule has 15 heavy (non-hydrogen) atoms. The molecule has 0 aliphatic heterocycles. The zero-order valence-electron chi connectivity index (χ0n) is 8.21. The van der Waals surface area contributed by atoms with E-state index in [0.717, 1.165) is 5.56 Å². The van der Waals surface area contributed by atoms with Gasteiger partial charge in [-0.15, -0.1) is 0 Å². The number of carbonyl (C=O) groups excluding carboxylic acids is 2. The maximum atomic E-state index is 11.7. The quantitative estimate of drug-likeness (QED) is 0.232. The van der Waals surface area contributed by atoms with Gasteiger partial charge in [-0.05, 0) is 13.0 Å². The SMILES string of the molecule is C=C(C(=O)NI)C(=O)c1cccc(C)c1. The van der Waals surface area contributed by atoms with Crippen LogP contribution in [-0.2, 0) is 4.79 Å². The van der Waals surface area contributed by atoms with Gasteiger partial charge in [0.2, 0.25) is 0 Å². The number of rotatable bonds is 3. The van der Waals surface area contributed by atoms with Gasteiger partial charge in [0.15, 0.2) is 5.78 Å². The molecule has 0 fully saturated rings. The van der Waals surface area contributed by atoms with E-state index >= 15 is 0 Å². The Kier molecular flexibility index (Phi) is 4.02.